The van der Waals surface area contributed by atoms with Gasteiger partial charge in [-0.15, -0.1) is 0 Å². The average molecular weight is 259 g/mol. The maximum atomic E-state index is 11.8. The second-order valence-corrected chi connectivity index (χ2v) is 4.11. The maximum absolute atomic E-state index is 11.8. The standard InChI is InChI=1S/C13H13N3O3/c17-13(9-16-5-1-4-14-16)15-10-2-3-11-12(8-10)19-7-6-18-11/h1-5,8H,6-7,9H2,(H,15,17). The van der Waals surface area contributed by atoms with Gasteiger partial charge in [0.2, 0.25) is 5.91 Å². The van der Waals surface area contributed by atoms with Crippen LogP contribution in [-0.2, 0) is 11.3 Å². The number of fused-ring (bicyclic) bond motifs is 1. The first-order valence-corrected chi connectivity index (χ1v) is 5.98. The number of anilines is 1. The molecule has 0 fully saturated rings. The number of hydrogen-bond donors (Lipinski definition) is 1. The lowest BCUT2D eigenvalue weighted by Gasteiger charge is -2.19. The van der Waals surface area contributed by atoms with Gasteiger partial charge in [-0.25, -0.2) is 0 Å². The van der Waals surface area contributed by atoms with Crippen LogP contribution in [-0.4, -0.2) is 28.9 Å². The van der Waals surface area contributed by atoms with E-state index in [0.717, 1.165) is 0 Å². The predicted molar refractivity (Wildman–Crippen MR) is 68.3 cm³/mol. The molecule has 1 N–H and O–H groups in total. The molecule has 0 saturated carbocycles. The lowest BCUT2D eigenvalue weighted by atomic mass is 10.2. The second-order valence-electron chi connectivity index (χ2n) is 4.11. The van der Waals surface area contributed by atoms with Gasteiger partial charge < -0.3 is 14.8 Å². The van der Waals surface area contributed by atoms with E-state index in [1.165, 1.54) is 0 Å². The van der Waals surface area contributed by atoms with Crippen LogP contribution >= 0.6 is 0 Å². The molecule has 0 bridgehead atoms. The van der Waals surface area contributed by atoms with Crippen molar-refractivity contribution in [2.24, 2.45) is 0 Å². The van der Waals surface area contributed by atoms with Gasteiger partial charge in [-0.05, 0) is 18.2 Å². The van der Waals surface area contributed by atoms with Crippen LogP contribution < -0.4 is 14.8 Å². The molecule has 6 heteroatoms. The Morgan fingerprint density at radius 2 is 2.16 bits per heavy atom. The molecule has 19 heavy (non-hydrogen) atoms. The van der Waals surface area contributed by atoms with E-state index in [0.29, 0.717) is 30.4 Å². The van der Waals surface area contributed by atoms with Crippen molar-refractivity contribution < 1.29 is 14.3 Å². The van der Waals surface area contributed by atoms with Crippen LogP contribution in [0.15, 0.2) is 36.7 Å². The van der Waals surface area contributed by atoms with Crippen LogP contribution in [0.5, 0.6) is 11.5 Å². The third kappa shape index (κ3) is 2.67. The van der Waals surface area contributed by atoms with Gasteiger partial charge in [0.25, 0.3) is 0 Å². The summed E-state index contributed by atoms with van der Waals surface area (Å²) in [6.07, 6.45) is 3.38. The zero-order valence-corrected chi connectivity index (χ0v) is 10.2. The van der Waals surface area contributed by atoms with Crippen LogP contribution in [0.3, 0.4) is 0 Å². The SMILES string of the molecule is O=C(Cn1cccn1)Nc1ccc2c(c1)OCCO2. The first-order valence-electron chi connectivity index (χ1n) is 5.98. The van der Waals surface area contributed by atoms with Crippen molar-refractivity contribution in [1.82, 2.24) is 9.78 Å². The number of hydrogen-bond acceptors (Lipinski definition) is 4. The fraction of sp³-hybridized carbons (Fsp3) is 0.231. The van der Waals surface area contributed by atoms with E-state index in [-0.39, 0.29) is 12.5 Å². The minimum atomic E-state index is -0.139. The van der Waals surface area contributed by atoms with Gasteiger partial charge in [0.05, 0.1) is 0 Å². The molecule has 6 nitrogen and oxygen atoms in total. The summed E-state index contributed by atoms with van der Waals surface area (Å²) in [5.74, 6) is 1.22. The minimum absolute atomic E-state index is 0.139. The van der Waals surface area contributed by atoms with Crippen LogP contribution in [0.4, 0.5) is 5.69 Å². The van der Waals surface area contributed by atoms with Gasteiger partial charge in [-0.1, -0.05) is 0 Å². The van der Waals surface area contributed by atoms with E-state index in [4.69, 9.17) is 9.47 Å². The van der Waals surface area contributed by atoms with Crippen LogP contribution in [0.2, 0.25) is 0 Å². The maximum Gasteiger partial charge on any atom is 0.246 e. The van der Waals surface area contributed by atoms with Crippen molar-refractivity contribution in [1.29, 1.82) is 0 Å². The second kappa shape index (κ2) is 5.01. The topological polar surface area (TPSA) is 65.4 Å². The quantitative estimate of drug-likeness (QED) is 0.902. The molecular weight excluding hydrogens is 246 g/mol. The Bertz CT molecular complexity index is 581. The lowest BCUT2D eigenvalue weighted by molar-refractivity contribution is -0.116. The van der Waals surface area contributed by atoms with E-state index in [9.17, 15) is 4.79 Å². The Balaban J connectivity index is 1.67. The summed E-state index contributed by atoms with van der Waals surface area (Å²) >= 11 is 0. The molecule has 3 rings (SSSR count). The first kappa shape index (κ1) is 11.6. The van der Waals surface area contributed by atoms with Crippen molar-refractivity contribution in [3.8, 4) is 11.5 Å². The molecule has 1 aliphatic rings. The van der Waals surface area contributed by atoms with E-state index >= 15 is 0 Å². The Labute approximate surface area is 109 Å². The van der Waals surface area contributed by atoms with E-state index in [1.807, 2.05) is 0 Å². The van der Waals surface area contributed by atoms with Gasteiger partial charge in [-0.3, -0.25) is 9.48 Å². The first-order chi connectivity index (χ1) is 9.31. The zero-order chi connectivity index (χ0) is 13.1. The Hall–Kier alpha value is -2.50. The third-order valence-electron chi connectivity index (χ3n) is 2.69. The monoisotopic (exact) mass is 259 g/mol. The van der Waals surface area contributed by atoms with Crippen molar-refractivity contribution in [3.63, 3.8) is 0 Å². The van der Waals surface area contributed by atoms with Crippen molar-refractivity contribution >= 4 is 11.6 Å². The molecule has 2 heterocycles. The molecular formula is C13H13N3O3. The summed E-state index contributed by atoms with van der Waals surface area (Å²) in [7, 11) is 0. The zero-order valence-electron chi connectivity index (χ0n) is 10.2. The van der Waals surface area contributed by atoms with Gasteiger partial charge in [0.1, 0.15) is 19.8 Å². The molecule has 1 aromatic heterocycles. The van der Waals surface area contributed by atoms with Gasteiger partial charge in [-0.2, -0.15) is 5.10 Å². The number of aromatic nitrogens is 2. The summed E-state index contributed by atoms with van der Waals surface area (Å²) in [5, 5.41) is 6.77. The fourth-order valence-corrected chi connectivity index (χ4v) is 1.86. The molecule has 0 unspecified atom stereocenters. The highest BCUT2D eigenvalue weighted by Gasteiger charge is 2.12. The van der Waals surface area contributed by atoms with Crippen LogP contribution in [0.1, 0.15) is 0 Å². The van der Waals surface area contributed by atoms with Gasteiger partial charge >= 0.3 is 0 Å². The predicted octanol–water partition coefficient (Wildman–Crippen LogP) is 1.29. The Kier molecular flexibility index (Phi) is 3.06. The number of carbonyl (C=O) groups is 1. The number of rotatable bonds is 3. The normalized spacial score (nSPS) is 13.1. The van der Waals surface area contributed by atoms with E-state index in [2.05, 4.69) is 10.4 Å². The summed E-state index contributed by atoms with van der Waals surface area (Å²) in [6, 6.07) is 7.11. The van der Waals surface area contributed by atoms with Gasteiger partial charge in [0.15, 0.2) is 11.5 Å². The molecule has 1 aromatic carbocycles. The number of carbonyl (C=O) groups excluding carboxylic acids is 1. The highest BCUT2D eigenvalue weighted by Crippen LogP contribution is 2.32. The Morgan fingerprint density at radius 3 is 2.95 bits per heavy atom. The largest absolute Gasteiger partial charge is 0.486 e. The number of ether oxygens (including phenoxy) is 2. The highest BCUT2D eigenvalue weighted by atomic mass is 16.6. The van der Waals surface area contributed by atoms with Crippen molar-refractivity contribution in [3.05, 3.63) is 36.7 Å². The summed E-state index contributed by atoms with van der Waals surface area (Å²) in [4.78, 5) is 11.8. The number of nitrogens with zero attached hydrogens (tertiary/aromatic N) is 2. The van der Waals surface area contributed by atoms with Crippen LogP contribution in [0, 0.1) is 0 Å². The minimum Gasteiger partial charge on any atom is -0.486 e. The molecule has 2 aromatic rings. The number of nitrogens with one attached hydrogen (secondary N) is 1. The molecule has 0 spiro atoms. The van der Waals surface area contributed by atoms with Crippen molar-refractivity contribution in [2.75, 3.05) is 18.5 Å². The molecule has 0 saturated heterocycles. The lowest BCUT2D eigenvalue weighted by Crippen LogP contribution is -2.19. The Morgan fingerprint density at radius 1 is 1.32 bits per heavy atom. The summed E-state index contributed by atoms with van der Waals surface area (Å²) in [6.45, 7) is 1.26. The van der Waals surface area contributed by atoms with E-state index < -0.39 is 0 Å². The smallest absolute Gasteiger partial charge is 0.246 e. The molecule has 98 valence electrons. The van der Waals surface area contributed by atoms with Crippen LogP contribution in [0.25, 0.3) is 0 Å². The summed E-state index contributed by atoms with van der Waals surface area (Å²) in [5.41, 5.74) is 0.682. The third-order valence-corrected chi connectivity index (χ3v) is 2.69. The number of amides is 1. The van der Waals surface area contributed by atoms with Crippen molar-refractivity contribution in [2.45, 2.75) is 6.54 Å². The molecule has 1 aliphatic heterocycles. The van der Waals surface area contributed by atoms with E-state index in [1.54, 1.807) is 41.3 Å². The highest BCUT2D eigenvalue weighted by molar-refractivity contribution is 5.90. The molecule has 0 aliphatic carbocycles. The molecule has 0 atom stereocenters. The fourth-order valence-electron chi connectivity index (χ4n) is 1.86. The molecule has 1 amide bonds. The summed E-state index contributed by atoms with van der Waals surface area (Å²) < 4.78 is 12.4. The number of benzene rings is 1. The average Bonchev–Trinajstić information content (AvgIpc) is 2.91. The van der Waals surface area contributed by atoms with Gasteiger partial charge in [0, 0.05) is 24.1 Å². The molecule has 0 radical (unpaired) electrons.